The third kappa shape index (κ3) is 24.8. The molecule has 0 amide bonds. The summed E-state index contributed by atoms with van der Waals surface area (Å²) in [7, 11) is 1.82. The van der Waals surface area contributed by atoms with E-state index in [9.17, 15) is 9.59 Å². The number of ether oxygens (including phenoxy) is 1. The molecule has 1 radical (unpaired) electrons. The SMILES string of the molecule is CC(=O)OC(C)(C)C.CCC.CCC1CC(C)C1.CCCC(CCC)(C(=O)C(C)C)c1ccc([B]OC(C)(C)C(C)(C)S)cc1C.CCCCCCC. The van der Waals surface area contributed by atoms with Crippen LogP contribution in [0.2, 0.25) is 0 Å². The lowest BCUT2D eigenvalue weighted by molar-refractivity contribution is -0.151. The summed E-state index contributed by atoms with van der Waals surface area (Å²) in [5.74, 6) is 2.31. The number of Topliss-reactive ketones (excluding diaryl/α,β-unsaturated/α-hetero) is 1. The van der Waals surface area contributed by atoms with Crippen molar-refractivity contribution in [2.75, 3.05) is 0 Å². The molecule has 0 spiro atoms. The number of carbonyl (C=O) groups excluding carboxylic acids is 2. The molecule has 0 heterocycles. The van der Waals surface area contributed by atoms with Crippen LogP contribution in [-0.2, 0) is 24.4 Å². The molecule has 1 fully saturated rings. The minimum atomic E-state index is -0.398. The fourth-order valence-corrected chi connectivity index (χ4v) is 6.40. The van der Waals surface area contributed by atoms with Gasteiger partial charge in [-0.25, -0.2) is 0 Å². The third-order valence-electron chi connectivity index (χ3n) is 9.78. The van der Waals surface area contributed by atoms with E-state index >= 15 is 0 Å². The van der Waals surface area contributed by atoms with E-state index in [0.29, 0.717) is 5.78 Å². The van der Waals surface area contributed by atoms with E-state index in [2.05, 4.69) is 107 Å². The van der Waals surface area contributed by atoms with Crippen LogP contribution in [0.15, 0.2) is 18.2 Å². The highest BCUT2D eigenvalue weighted by molar-refractivity contribution is 7.81. The van der Waals surface area contributed by atoms with Gasteiger partial charge in [-0.15, -0.1) is 0 Å². The number of ketones is 1. The molecule has 2 rings (SSSR count). The zero-order valence-corrected chi connectivity index (χ0v) is 39.7. The summed E-state index contributed by atoms with van der Waals surface area (Å²) in [4.78, 5) is 23.5. The van der Waals surface area contributed by atoms with Gasteiger partial charge in [0.2, 0.25) is 0 Å². The Bertz CT molecular complexity index is 1070. The molecule has 1 aromatic carbocycles. The lowest BCUT2D eigenvalue weighted by Crippen LogP contribution is -2.46. The Morgan fingerprint density at radius 1 is 0.830 bits per heavy atom. The van der Waals surface area contributed by atoms with E-state index in [-0.39, 0.29) is 27.7 Å². The highest BCUT2D eigenvalue weighted by atomic mass is 32.1. The standard InChI is InChI=1S/C24H40BO2S.C7H14.C7H16.C6H12O2.C3H8/c1-10-14-24(15-11-2,21(26)17(3)4)20-13-12-19(16-18(20)5)25-27-22(6,7)23(8,9)28;1-3-7-4-6(2)5-7;1-3-5-7-6-4-2;1-5(7)8-6(2,3)4;1-3-2/h12-13,16-17,28H,10-11,14-15H2,1-9H3;6-7H,3-5H2,1-2H3;3-7H2,1-2H3;1-4H3;3H2,1-2H3. The van der Waals surface area contributed by atoms with E-state index in [1.54, 1.807) is 0 Å². The highest BCUT2D eigenvalue weighted by Gasteiger charge is 2.40. The Hall–Kier alpha value is -1.27. The molecule has 0 saturated heterocycles. The van der Waals surface area contributed by atoms with Crippen molar-refractivity contribution >= 4 is 37.3 Å². The maximum atomic E-state index is 13.3. The topological polar surface area (TPSA) is 52.6 Å². The molecule has 0 atom stereocenters. The van der Waals surface area contributed by atoms with Gasteiger partial charge in [-0.1, -0.05) is 151 Å². The van der Waals surface area contributed by atoms with Crippen molar-refractivity contribution in [2.24, 2.45) is 17.8 Å². The molecule has 311 valence electrons. The van der Waals surface area contributed by atoms with Gasteiger partial charge in [0.25, 0.3) is 0 Å². The van der Waals surface area contributed by atoms with Crippen LogP contribution >= 0.6 is 12.6 Å². The number of esters is 1. The van der Waals surface area contributed by atoms with Gasteiger partial charge in [-0.3, -0.25) is 9.59 Å². The van der Waals surface area contributed by atoms with E-state index in [4.69, 9.17) is 9.39 Å². The molecular weight excluding hydrogens is 671 g/mol. The smallest absolute Gasteiger partial charge is 0.330 e. The first-order chi connectivity index (χ1) is 24.4. The van der Waals surface area contributed by atoms with Crippen LogP contribution < -0.4 is 5.46 Å². The molecule has 0 N–H and O–H groups in total. The number of benzene rings is 1. The van der Waals surface area contributed by atoms with Gasteiger partial charge >= 0.3 is 13.5 Å². The summed E-state index contributed by atoms with van der Waals surface area (Å²) in [6.45, 7) is 39.0. The predicted octanol–water partition coefficient (Wildman–Crippen LogP) is 14.0. The van der Waals surface area contributed by atoms with Crippen molar-refractivity contribution in [1.82, 2.24) is 0 Å². The third-order valence-corrected chi connectivity index (χ3v) is 10.3. The molecule has 0 bridgehead atoms. The van der Waals surface area contributed by atoms with Crippen molar-refractivity contribution in [3.8, 4) is 0 Å². The van der Waals surface area contributed by atoms with Gasteiger partial charge < -0.3 is 9.39 Å². The zero-order valence-electron chi connectivity index (χ0n) is 38.8. The molecule has 0 aliphatic heterocycles. The van der Waals surface area contributed by atoms with Crippen LogP contribution in [0.3, 0.4) is 0 Å². The first kappa shape index (κ1) is 56.1. The predicted molar refractivity (Wildman–Crippen MR) is 240 cm³/mol. The van der Waals surface area contributed by atoms with Gasteiger partial charge in [-0.2, -0.15) is 12.6 Å². The number of hydrogen-bond acceptors (Lipinski definition) is 5. The van der Waals surface area contributed by atoms with E-state index in [1.807, 2.05) is 55.9 Å². The molecule has 53 heavy (non-hydrogen) atoms. The number of unbranched alkanes of at least 4 members (excludes halogenated alkanes) is 4. The molecular formula is C47H90BO4S. The van der Waals surface area contributed by atoms with E-state index in [0.717, 1.165) is 48.5 Å². The van der Waals surface area contributed by atoms with Gasteiger partial charge in [0, 0.05) is 17.6 Å². The quantitative estimate of drug-likeness (QED) is 0.0789. The Labute approximate surface area is 338 Å². The first-order valence-electron chi connectivity index (χ1n) is 21.5. The second-order valence-corrected chi connectivity index (χ2v) is 18.9. The van der Waals surface area contributed by atoms with Gasteiger partial charge in [0.15, 0.2) is 0 Å². The average molecular weight is 762 g/mol. The summed E-state index contributed by atoms with van der Waals surface area (Å²) in [6.07, 6.45) is 16.5. The van der Waals surface area contributed by atoms with Crippen LogP contribution in [0.5, 0.6) is 0 Å². The van der Waals surface area contributed by atoms with Crippen LogP contribution in [-0.4, -0.2) is 35.2 Å². The molecule has 0 unspecified atom stereocenters. The number of carbonyl (C=O) groups is 2. The van der Waals surface area contributed by atoms with Crippen LogP contribution in [0.1, 0.15) is 219 Å². The lowest BCUT2D eigenvalue weighted by atomic mass is 9.66. The monoisotopic (exact) mass is 762 g/mol. The second-order valence-electron chi connectivity index (χ2n) is 17.8. The fourth-order valence-electron chi connectivity index (χ4n) is 6.35. The van der Waals surface area contributed by atoms with E-state index in [1.165, 1.54) is 70.3 Å². The Balaban J connectivity index is -0.000000799. The zero-order chi connectivity index (χ0) is 42.1. The van der Waals surface area contributed by atoms with Gasteiger partial charge in [-0.05, 0) is 104 Å². The highest BCUT2D eigenvalue weighted by Crippen LogP contribution is 2.39. The maximum Gasteiger partial charge on any atom is 0.330 e. The molecule has 1 saturated carbocycles. The number of hydrogen-bond donors (Lipinski definition) is 1. The fraction of sp³-hybridized carbons (Fsp3) is 0.830. The van der Waals surface area contributed by atoms with Crippen LogP contribution in [0.4, 0.5) is 0 Å². The van der Waals surface area contributed by atoms with Crippen molar-refractivity contribution in [1.29, 1.82) is 0 Å². The van der Waals surface area contributed by atoms with Gasteiger partial charge in [0.1, 0.15) is 11.4 Å². The Morgan fingerprint density at radius 3 is 1.57 bits per heavy atom. The van der Waals surface area contributed by atoms with Crippen LogP contribution in [0.25, 0.3) is 0 Å². The van der Waals surface area contributed by atoms with Crippen molar-refractivity contribution in [3.05, 3.63) is 29.3 Å². The summed E-state index contributed by atoms with van der Waals surface area (Å²) in [5, 5.41) is 0. The maximum absolute atomic E-state index is 13.3. The van der Waals surface area contributed by atoms with E-state index < -0.39 is 5.60 Å². The summed E-state index contributed by atoms with van der Waals surface area (Å²) in [6, 6.07) is 6.37. The minimum absolute atomic E-state index is 0.0329. The Kier molecular flexibility index (Phi) is 30.7. The minimum Gasteiger partial charge on any atom is -0.460 e. The molecule has 0 aromatic heterocycles. The second kappa shape index (κ2) is 29.0. The molecule has 1 aromatic rings. The first-order valence-corrected chi connectivity index (χ1v) is 21.9. The van der Waals surface area contributed by atoms with Crippen molar-refractivity contribution in [3.63, 3.8) is 0 Å². The van der Waals surface area contributed by atoms with Gasteiger partial charge in [0.05, 0.1) is 11.0 Å². The summed E-state index contributed by atoms with van der Waals surface area (Å²) >= 11 is 4.66. The largest absolute Gasteiger partial charge is 0.460 e. The average Bonchev–Trinajstić information content (AvgIpc) is 3.01. The number of thiol groups is 1. The number of aryl methyl sites for hydroxylation is 1. The van der Waals surface area contributed by atoms with Crippen molar-refractivity contribution < 1.29 is 19.0 Å². The lowest BCUT2D eigenvalue weighted by Gasteiger charge is -2.38. The summed E-state index contributed by atoms with van der Waals surface area (Å²) in [5.41, 5.74) is 2.26. The Morgan fingerprint density at radius 2 is 1.30 bits per heavy atom. The van der Waals surface area contributed by atoms with Crippen LogP contribution in [0, 0.1) is 24.7 Å². The summed E-state index contributed by atoms with van der Waals surface area (Å²) < 4.78 is 10.6. The normalized spacial score (nSPS) is 15.5. The number of rotatable bonds is 16. The molecule has 1 aliphatic rings. The molecule has 1 aliphatic carbocycles. The van der Waals surface area contributed by atoms with Crippen molar-refractivity contribution in [2.45, 2.75) is 236 Å². The molecule has 4 nitrogen and oxygen atoms in total. The molecule has 6 heteroatoms.